The SMILES string of the molecule is CCN1CCC(CNC(=O)N(C)C(C)(C)C(=O)O)C1. The number of carboxylic acid groups (broad SMARTS) is 1. The maximum absolute atomic E-state index is 11.9. The van der Waals surface area contributed by atoms with E-state index in [2.05, 4.69) is 17.1 Å². The van der Waals surface area contributed by atoms with Crippen LogP contribution in [0.1, 0.15) is 27.2 Å². The zero-order valence-corrected chi connectivity index (χ0v) is 12.3. The van der Waals surface area contributed by atoms with Gasteiger partial charge < -0.3 is 20.2 Å². The summed E-state index contributed by atoms with van der Waals surface area (Å²) in [6, 6.07) is -0.331. The summed E-state index contributed by atoms with van der Waals surface area (Å²) in [4.78, 5) is 26.6. The van der Waals surface area contributed by atoms with E-state index in [-0.39, 0.29) is 6.03 Å². The van der Waals surface area contributed by atoms with Gasteiger partial charge in [-0.1, -0.05) is 6.92 Å². The average molecular weight is 271 g/mol. The van der Waals surface area contributed by atoms with Crippen LogP contribution in [0.25, 0.3) is 0 Å². The third kappa shape index (κ3) is 3.83. The van der Waals surface area contributed by atoms with E-state index in [0.717, 1.165) is 26.1 Å². The summed E-state index contributed by atoms with van der Waals surface area (Å²) < 4.78 is 0. The number of amides is 2. The number of carbonyl (C=O) groups is 2. The average Bonchev–Trinajstić information content (AvgIpc) is 2.82. The number of hydrogen-bond acceptors (Lipinski definition) is 3. The quantitative estimate of drug-likeness (QED) is 0.777. The van der Waals surface area contributed by atoms with Crippen molar-refractivity contribution in [1.82, 2.24) is 15.1 Å². The molecule has 1 saturated heterocycles. The van der Waals surface area contributed by atoms with Gasteiger partial charge in [0.2, 0.25) is 0 Å². The van der Waals surface area contributed by atoms with Crippen LogP contribution in [0.15, 0.2) is 0 Å². The third-order valence-corrected chi connectivity index (χ3v) is 4.03. The summed E-state index contributed by atoms with van der Waals surface area (Å²) in [6.45, 7) is 8.89. The standard InChI is InChI=1S/C13H25N3O3/c1-5-16-7-6-10(9-16)8-14-12(19)15(4)13(2,3)11(17)18/h10H,5-9H2,1-4H3,(H,14,19)(H,17,18). The molecule has 0 spiro atoms. The van der Waals surface area contributed by atoms with Gasteiger partial charge in [-0.05, 0) is 39.3 Å². The molecular formula is C13H25N3O3. The highest BCUT2D eigenvalue weighted by Crippen LogP contribution is 2.16. The molecule has 1 rings (SSSR count). The zero-order chi connectivity index (χ0) is 14.6. The van der Waals surface area contributed by atoms with Gasteiger partial charge in [0, 0.05) is 20.1 Å². The predicted molar refractivity (Wildman–Crippen MR) is 73.1 cm³/mol. The lowest BCUT2D eigenvalue weighted by atomic mass is 10.0. The van der Waals surface area contributed by atoms with Crippen LogP contribution in [0, 0.1) is 5.92 Å². The van der Waals surface area contributed by atoms with Crippen LogP contribution in [0.2, 0.25) is 0 Å². The fourth-order valence-corrected chi connectivity index (χ4v) is 2.11. The third-order valence-electron chi connectivity index (χ3n) is 4.03. The van der Waals surface area contributed by atoms with Gasteiger partial charge in [0.1, 0.15) is 5.54 Å². The highest BCUT2D eigenvalue weighted by molar-refractivity contribution is 5.85. The van der Waals surface area contributed by atoms with Gasteiger partial charge in [0.05, 0.1) is 0 Å². The lowest BCUT2D eigenvalue weighted by Crippen LogP contribution is -2.54. The van der Waals surface area contributed by atoms with Crippen LogP contribution >= 0.6 is 0 Å². The van der Waals surface area contributed by atoms with E-state index in [1.807, 2.05) is 0 Å². The number of likely N-dealkylation sites (tertiary alicyclic amines) is 1. The maximum atomic E-state index is 11.9. The van der Waals surface area contributed by atoms with E-state index in [0.29, 0.717) is 12.5 Å². The van der Waals surface area contributed by atoms with E-state index >= 15 is 0 Å². The molecule has 0 radical (unpaired) electrons. The van der Waals surface area contributed by atoms with E-state index in [9.17, 15) is 9.59 Å². The Labute approximate surface area is 114 Å². The van der Waals surface area contributed by atoms with E-state index in [1.165, 1.54) is 25.8 Å². The Morgan fingerprint density at radius 3 is 2.58 bits per heavy atom. The molecule has 1 unspecified atom stereocenters. The summed E-state index contributed by atoms with van der Waals surface area (Å²) in [6.07, 6.45) is 1.08. The molecule has 1 heterocycles. The van der Waals surface area contributed by atoms with E-state index in [1.54, 1.807) is 0 Å². The molecular weight excluding hydrogens is 246 g/mol. The van der Waals surface area contributed by atoms with Gasteiger partial charge in [-0.2, -0.15) is 0 Å². The van der Waals surface area contributed by atoms with Crippen molar-refractivity contribution in [3.63, 3.8) is 0 Å². The van der Waals surface area contributed by atoms with Crippen molar-refractivity contribution in [2.45, 2.75) is 32.7 Å². The Balaban J connectivity index is 2.41. The van der Waals surface area contributed by atoms with Crippen molar-refractivity contribution >= 4 is 12.0 Å². The van der Waals surface area contributed by atoms with Gasteiger partial charge in [0.15, 0.2) is 0 Å². The van der Waals surface area contributed by atoms with Crippen LogP contribution in [-0.2, 0) is 4.79 Å². The summed E-state index contributed by atoms with van der Waals surface area (Å²) in [5.41, 5.74) is -1.20. The fraction of sp³-hybridized carbons (Fsp3) is 0.846. The minimum absolute atomic E-state index is 0.331. The predicted octanol–water partition coefficient (Wildman–Crippen LogP) is 0.833. The second kappa shape index (κ2) is 6.23. The van der Waals surface area contributed by atoms with Gasteiger partial charge in [-0.15, -0.1) is 0 Å². The Morgan fingerprint density at radius 1 is 1.47 bits per heavy atom. The lowest BCUT2D eigenvalue weighted by molar-refractivity contribution is -0.146. The first-order valence-corrected chi connectivity index (χ1v) is 6.76. The number of urea groups is 1. The summed E-state index contributed by atoms with van der Waals surface area (Å²) in [5, 5.41) is 11.9. The number of hydrogen-bond donors (Lipinski definition) is 2. The molecule has 0 aromatic carbocycles. The van der Waals surface area contributed by atoms with Crippen molar-refractivity contribution < 1.29 is 14.7 Å². The Bertz CT molecular complexity index is 344. The minimum Gasteiger partial charge on any atom is -0.480 e. The Hall–Kier alpha value is -1.30. The monoisotopic (exact) mass is 271 g/mol. The van der Waals surface area contributed by atoms with E-state index < -0.39 is 11.5 Å². The molecule has 1 aliphatic rings. The van der Waals surface area contributed by atoms with Crippen molar-refractivity contribution in [2.75, 3.05) is 33.2 Å². The number of carbonyl (C=O) groups excluding carboxylic acids is 1. The summed E-state index contributed by atoms with van der Waals surface area (Å²) in [5.74, 6) is -0.548. The number of nitrogens with one attached hydrogen (secondary N) is 1. The first kappa shape index (κ1) is 15.8. The first-order valence-electron chi connectivity index (χ1n) is 6.76. The van der Waals surface area contributed by atoms with Gasteiger partial charge in [-0.3, -0.25) is 0 Å². The summed E-state index contributed by atoms with van der Waals surface area (Å²) in [7, 11) is 1.51. The fourth-order valence-electron chi connectivity index (χ4n) is 2.11. The molecule has 1 aliphatic heterocycles. The van der Waals surface area contributed by atoms with Crippen molar-refractivity contribution in [3.05, 3.63) is 0 Å². The van der Waals surface area contributed by atoms with E-state index in [4.69, 9.17) is 5.11 Å². The molecule has 0 saturated carbocycles. The molecule has 0 bridgehead atoms. The van der Waals surface area contributed by atoms with Crippen LogP contribution in [0.5, 0.6) is 0 Å². The molecule has 2 N–H and O–H groups in total. The summed E-state index contributed by atoms with van der Waals surface area (Å²) >= 11 is 0. The number of carboxylic acids is 1. The molecule has 6 heteroatoms. The highest BCUT2D eigenvalue weighted by atomic mass is 16.4. The number of likely N-dealkylation sites (N-methyl/N-ethyl adjacent to an activating group) is 1. The van der Waals surface area contributed by atoms with Crippen molar-refractivity contribution in [2.24, 2.45) is 5.92 Å². The number of nitrogens with zero attached hydrogens (tertiary/aromatic N) is 2. The van der Waals surface area contributed by atoms with Crippen molar-refractivity contribution in [3.8, 4) is 0 Å². The second-order valence-corrected chi connectivity index (χ2v) is 5.66. The molecule has 1 atom stereocenters. The van der Waals surface area contributed by atoms with Crippen LogP contribution in [0.4, 0.5) is 4.79 Å². The zero-order valence-electron chi connectivity index (χ0n) is 12.3. The smallest absolute Gasteiger partial charge is 0.329 e. The van der Waals surface area contributed by atoms with Crippen LogP contribution < -0.4 is 5.32 Å². The molecule has 0 aromatic rings. The molecule has 2 amide bonds. The Kier molecular flexibility index (Phi) is 5.17. The largest absolute Gasteiger partial charge is 0.480 e. The molecule has 19 heavy (non-hydrogen) atoms. The molecule has 6 nitrogen and oxygen atoms in total. The highest BCUT2D eigenvalue weighted by Gasteiger charge is 2.35. The molecule has 0 aromatic heterocycles. The van der Waals surface area contributed by atoms with Gasteiger partial charge in [-0.25, -0.2) is 9.59 Å². The van der Waals surface area contributed by atoms with Crippen LogP contribution in [0.3, 0.4) is 0 Å². The normalized spacial score (nSPS) is 20.3. The minimum atomic E-state index is -1.20. The number of aliphatic carboxylic acids is 1. The molecule has 0 aliphatic carbocycles. The Morgan fingerprint density at radius 2 is 2.11 bits per heavy atom. The van der Waals surface area contributed by atoms with Crippen LogP contribution in [-0.4, -0.2) is 65.7 Å². The van der Waals surface area contributed by atoms with Crippen molar-refractivity contribution in [1.29, 1.82) is 0 Å². The lowest BCUT2D eigenvalue weighted by Gasteiger charge is -2.31. The van der Waals surface area contributed by atoms with Gasteiger partial charge in [0.25, 0.3) is 0 Å². The molecule has 1 fully saturated rings. The van der Waals surface area contributed by atoms with Gasteiger partial charge >= 0.3 is 12.0 Å². The topological polar surface area (TPSA) is 72.9 Å². The molecule has 110 valence electrons. The number of rotatable bonds is 5. The maximum Gasteiger partial charge on any atom is 0.329 e. The second-order valence-electron chi connectivity index (χ2n) is 5.66. The first-order chi connectivity index (χ1) is 8.78.